The standard InChI is InChI=1S/C22H22ClFN4O2S/c1-4-11-28-21(15(3)30-19-10-9-16(24)12-17(19)23)26-27-22(28)31-13-20(29)25-18-8-6-5-7-14(18)2/h4-10,12,15H,1,11,13H2,2-3H3,(H,25,29). The van der Waals surface area contributed by atoms with Gasteiger partial charge in [0.05, 0.1) is 10.8 Å². The summed E-state index contributed by atoms with van der Waals surface area (Å²) in [6.07, 6.45) is 1.20. The fraction of sp³-hybridized carbons (Fsp3) is 0.227. The number of rotatable bonds is 9. The summed E-state index contributed by atoms with van der Waals surface area (Å²) >= 11 is 7.32. The van der Waals surface area contributed by atoms with Crippen molar-refractivity contribution in [2.45, 2.75) is 31.7 Å². The van der Waals surface area contributed by atoms with Gasteiger partial charge in [0.25, 0.3) is 0 Å². The molecule has 0 saturated heterocycles. The van der Waals surface area contributed by atoms with Crippen molar-refractivity contribution < 1.29 is 13.9 Å². The zero-order valence-corrected chi connectivity index (χ0v) is 18.7. The maximum Gasteiger partial charge on any atom is 0.234 e. The third-order valence-corrected chi connectivity index (χ3v) is 5.63. The second-order valence-corrected chi connectivity index (χ2v) is 8.08. The van der Waals surface area contributed by atoms with E-state index in [1.165, 1.54) is 30.0 Å². The molecule has 1 aromatic heterocycles. The summed E-state index contributed by atoms with van der Waals surface area (Å²) in [4.78, 5) is 12.4. The minimum Gasteiger partial charge on any atom is -0.481 e. The molecular formula is C22H22ClFN4O2S. The SMILES string of the molecule is C=CCn1c(SCC(=O)Nc2ccccc2C)nnc1C(C)Oc1ccc(F)cc1Cl. The molecule has 1 amide bonds. The van der Waals surface area contributed by atoms with Crippen molar-refractivity contribution in [3.63, 3.8) is 0 Å². The first-order valence-corrected chi connectivity index (χ1v) is 10.9. The Balaban J connectivity index is 1.70. The number of aromatic nitrogens is 3. The molecule has 0 bridgehead atoms. The van der Waals surface area contributed by atoms with E-state index in [-0.39, 0.29) is 16.7 Å². The van der Waals surface area contributed by atoms with Crippen molar-refractivity contribution >= 4 is 35.0 Å². The van der Waals surface area contributed by atoms with E-state index in [2.05, 4.69) is 22.1 Å². The molecule has 3 aromatic rings. The Morgan fingerprint density at radius 3 is 2.84 bits per heavy atom. The molecule has 1 N–H and O–H groups in total. The third kappa shape index (κ3) is 5.86. The number of carbonyl (C=O) groups is 1. The number of benzene rings is 2. The molecule has 9 heteroatoms. The Morgan fingerprint density at radius 1 is 1.35 bits per heavy atom. The minimum absolute atomic E-state index is 0.142. The van der Waals surface area contributed by atoms with Crippen LogP contribution in [0.3, 0.4) is 0 Å². The van der Waals surface area contributed by atoms with E-state index in [0.717, 1.165) is 11.3 Å². The van der Waals surface area contributed by atoms with Crippen LogP contribution in [0.4, 0.5) is 10.1 Å². The fourth-order valence-electron chi connectivity index (χ4n) is 2.85. The van der Waals surface area contributed by atoms with Crippen LogP contribution in [0.25, 0.3) is 0 Å². The molecular weight excluding hydrogens is 439 g/mol. The van der Waals surface area contributed by atoms with Crippen molar-refractivity contribution in [3.8, 4) is 5.75 Å². The number of allylic oxidation sites excluding steroid dienone is 1. The summed E-state index contributed by atoms with van der Waals surface area (Å²) in [5.74, 6) is 0.472. The lowest BCUT2D eigenvalue weighted by Crippen LogP contribution is -2.16. The van der Waals surface area contributed by atoms with Crippen molar-refractivity contribution in [1.82, 2.24) is 14.8 Å². The maximum atomic E-state index is 13.3. The van der Waals surface area contributed by atoms with Gasteiger partial charge in [0.1, 0.15) is 11.6 Å². The molecule has 0 aliphatic carbocycles. The molecule has 162 valence electrons. The average molecular weight is 461 g/mol. The highest BCUT2D eigenvalue weighted by Gasteiger charge is 2.20. The monoisotopic (exact) mass is 460 g/mol. The largest absolute Gasteiger partial charge is 0.481 e. The number of nitrogens with one attached hydrogen (secondary N) is 1. The summed E-state index contributed by atoms with van der Waals surface area (Å²) < 4.78 is 21.0. The Hall–Kier alpha value is -2.84. The average Bonchev–Trinajstić information content (AvgIpc) is 3.13. The van der Waals surface area contributed by atoms with E-state index < -0.39 is 11.9 Å². The second kappa shape index (κ2) is 10.5. The summed E-state index contributed by atoms with van der Waals surface area (Å²) in [7, 11) is 0. The van der Waals surface area contributed by atoms with Gasteiger partial charge in [0, 0.05) is 12.2 Å². The smallest absolute Gasteiger partial charge is 0.234 e. The van der Waals surface area contributed by atoms with Crippen LogP contribution in [0.5, 0.6) is 5.75 Å². The number of carbonyl (C=O) groups excluding carboxylic acids is 1. The fourth-order valence-corrected chi connectivity index (χ4v) is 3.82. The van der Waals surface area contributed by atoms with Crippen molar-refractivity contribution in [2.75, 3.05) is 11.1 Å². The van der Waals surface area contributed by atoms with Crippen LogP contribution < -0.4 is 10.1 Å². The Morgan fingerprint density at radius 2 is 2.13 bits per heavy atom. The van der Waals surface area contributed by atoms with E-state index >= 15 is 0 Å². The van der Waals surface area contributed by atoms with Gasteiger partial charge in [-0.2, -0.15) is 0 Å². The van der Waals surface area contributed by atoms with Crippen molar-refractivity contribution in [3.05, 3.63) is 77.3 Å². The Bertz CT molecular complexity index is 1090. The number of nitrogens with zero attached hydrogens (tertiary/aromatic N) is 3. The van der Waals surface area contributed by atoms with Crippen LogP contribution in [0.2, 0.25) is 5.02 Å². The zero-order valence-electron chi connectivity index (χ0n) is 17.1. The molecule has 0 aliphatic heterocycles. The Kier molecular flexibility index (Phi) is 7.70. The van der Waals surface area contributed by atoms with E-state index in [1.807, 2.05) is 35.8 Å². The predicted octanol–water partition coefficient (Wildman–Crippen LogP) is 5.44. The first-order valence-electron chi connectivity index (χ1n) is 9.53. The van der Waals surface area contributed by atoms with E-state index in [9.17, 15) is 9.18 Å². The van der Waals surface area contributed by atoms with Gasteiger partial charge in [-0.3, -0.25) is 9.36 Å². The van der Waals surface area contributed by atoms with Crippen LogP contribution >= 0.6 is 23.4 Å². The number of amides is 1. The van der Waals surface area contributed by atoms with Gasteiger partial charge in [0.15, 0.2) is 17.1 Å². The number of hydrogen-bond acceptors (Lipinski definition) is 5. The molecule has 31 heavy (non-hydrogen) atoms. The molecule has 0 radical (unpaired) electrons. The van der Waals surface area contributed by atoms with Crippen LogP contribution in [0.1, 0.15) is 24.4 Å². The molecule has 0 saturated carbocycles. The van der Waals surface area contributed by atoms with Crippen LogP contribution in [-0.2, 0) is 11.3 Å². The van der Waals surface area contributed by atoms with Gasteiger partial charge in [-0.1, -0.05) is 47.6 Å². The van der Waals surface area contributed by atoms with E-state index in [0.29, 0.717) is 23.3 Å². The number of anilines is 1. The predicted molar refractivity (Wildman–Crippen MR) is 121 cm³/mol. The molecule has 3 rings (SSSR count). The van der Waals surface area contributed by atoms with E-state index in [4.69, 9.17) is 16.3 Å². The van der Waals surface area contributed by atoms with Crippen molar-refractivity contribution in [1.29, 1.82) is 0 Å². The van der Waals surface area contributed by atoms with Gasteiger partial charge in [0.2, 0.25) is 5.91 Å². The number of thioether (sulfide) groups is 1. The van der Waals surface area contributed by atoms with Crippen LogP contribution in [-0.4, -0.2) is 26.4 Å². The zero-order chi connectivity index (χ0) is 22.4. The first kappa shape index (κ1) is 22.8. The molecule has 0 fully saturated rings. The number of hydrogen-bond donors (Lipinski definition) is 1. The lowest BCUT2D eigenvalue weighted by Gasteiger charge is -2.16. The first-order chi connectivity index (χ1) is 14.9. The minimum atomic E-state index is -0.509. The van der Waals surface area contributed by atoms with Gasteiger partial charge < -0.3 is 10.1 Å². The molecule has 2 aromatic carbocycles. The molecule has 1 atom stereocenters. The lowest BCUT2D eigenvalue weighted by molar-refractivity contribution is -0.113. The maximum absolute atomic E-state index is 13.3. The highest BCUT2D eigenvalue weighted by molar-refractivity contribution is 7.99. The van der Waals surface area contributed by atoms with Gasteiger partial charge in [-0.05, 0) is 43.7 Å². The molecule has 0 aliphatic rings. The highest BCUT2D eigenvalue weighted by atomic mass is 35.5. The van der Waals surface area contributed by atoms with Crippen LogP contribution in [0, 0.1) is 12.7 Å². The summed E-state index contributed by atoms with van der Waals surface area (Å²) in [5, 5.41) is 12.1. The van der Waals surface area contributed by atoms with E-state index in [1.54, 1.807) is 13.0 Å². The summed E-state index contributed by atoms with van der Waals surface area (Å²) in [6.45, 7) is 7.95. The summed E-state index contributed by atoms with van der Waals surface area (Å²) in [5.41, 5.74) is 1.77. The third-order valence-electron chi connectivity index (χ3n) is 4.37. The highest BCUT2D eigenvalue weighted by Crippen LogP contribution is 2.30. The quantitative estimate of drug-likeness (QED) is 0.340. The van der Waals surface area contributed by atoms with Gasteiger partial charge in [-0.15, -0.1) is 16.8 Å². The van der Waals surface area contributed by atoms with Gasteiger partial charge in [-0.25, -0.2) is 4.39 Å². The number of para-hydroxylation sites is 1. The molecule has 0 spiro atoms. The molecule has 1 heterocycles. The molecule has 6 nitrogen and oxygen atoms in total. The summed E-state index contributed by atoms with van der Waals surface area (Å²) in [6, 6.07) is 11.5. The number of aryl methyl sites for hydroxylation is 1. The molecule has 1 unspecified atom stereocenters. The Labute approximate surface area is 189 Å². The number of ether oxygens (including phenoxy) is 1. The number of halogens is 2. The normalized spacial score (nSPS) is 11.7. The van der Waals surface area contributed by atoms with Crippen molar-refractivity contribution in [2.24, 2.45) is 0 Å². The van der Waals surface area contributed by atoms with Crippen LogP contribution in [0.15, 0.2) is 60.3 Å². The topological polar surface area (TPSA) is 69.0 Å². The second-order valence-electron chi connectivity index (χ2n) is 6.73. The van der Waals surface area contributed by atoms with Gasteiger partial charge >= 0.3 is 0 Å². The lowest BCUT2D eigenvalue weighted by atomic mass is 10.2.